The number of carbonyl (C=O) groups excluding carboxylic acids is 1. The molecule has 10 heteroatoms. The van der Waals surface area contributed by atoms with Gasteiger partial charge in [-0.2, -0.15) is 8.75 Å². The van der Waals surface area contributed by atoms with Gasteiger partial charge in [0.2, 0.25) is 0 Å². The molecule has 1 atom stereocenters. The van der Waals surface area contributed by atoms with Crippen LogP contribution >= 0.6 is 23.3 Å². The van der Waals surface area contributed by atoms with Gasteiger partial charge in [-0.1, -0.05) is 47.0 Å². The summed E-state index contributed by atoms with van der Waals surface area (Å²) in [7, 11) is 0. The summed E-state index contributed by atoms with van der Waals surface area (Å²) < 4.78 is 25.2. The first-order valence-corrected chi connectivity index (χ1v) is 14.0. The lowest BCUT2D eigenvalue weighted by atomic mass is 9.88. The normalized spacial score (nSPS) is 17.1. The summed E-state index contributed by atoms with van der Waals surface area (Å²) in [5.41, 5.74) is 5.94. The first-order chi connectivity index (χ1) is 19.6. The van der Waals surface area contributed by atoms with E-state index in [4.69, 9.17) is 9.47 Å². The second kappa shape index (κ2) is 9.91. The molecule has 0 bridgehead atoms. The Kier molecular flexibility index (Phi) is 6.07. The highest BCUT2D eigenvalue weighted by molar-refractivity contribution is 7.12. The molecule has 0 saturated carbocycles. The Hall–Kier alpha value is -4.51. The average molecular weight is 565 g/mol. The largest absolute Gasteiger partial charge is 0.489 e. The lowest BCUT2D eigenvalue weighted by molar-refractivity contribution is -0.185. The van der Waals surface area contributed by atoms with Gasteiger partial charge >= 0.3 is 5.97 Å². The second-order valence-electron chi connectivity index (χ2n) is 9.41. The van der Waals surface area contributed by atoms with Crippen LogP contribution in [0.25, 0.3) is 26.8 Å². The Labute approximate surface area is 236 Å². The van der Waals surface area contributed by atoms with Crippen LogP contribution < -0.4 is 4.74 Å². The molecular weight excluding hydrogens is 544 g/mol. The third kappa shape index (κ3) is 4.41. The number of esters is 1. The lowest BCUT2D eigenvalue weighted by Crippen LogP contribution is -2.29. The van der Waals surface area contributed by atoms with Crippen LogP contribution in [0.3, 0.4) is 0 Å². The molecule has 1 aliphatic heterocycles. The van der Waals surface area contributed by atoms with Crippen molar-refractivity contribution < 1.29 is 19.4 Å². The van der Waals surface area contributed by atoms with Crippen molar-refractivity contribution in [1.29, 1.82) is 0 Å². The van der Waals surface area contributed by atoms with Crippen LogP contribution in [-0.2, 0) is 28.3 Å². The summed E-state index contributed by atoms with van der Waals surface area (Å²) in [5.74, 6) is -1.94. The quantitative estimate of drug-likeness (QED) is 0.247. The van der Waals surface area contributed by atoms with Gasteiger partial charge in [-0.15, -0.1) is 5.10 Å². The van der Waals surface area contributed by atoms with Gasteiger partial charge in [0.25, 0.3) is 5.79 Å². The van der Waals surface area contributed by atoms with E-state index < -0.39 is 11.8 Å². The van der Waals surface area contributed by atoms with Crippen molar-refractivity contribution in [1.82, 2.24) is 18.3 Å². The molecule has 0 saturated heterocycles. The Bertz CT molecular complexity index is 1900. The number of rotatable bonds is 7. The molecule has 6 aromatic rings. The lowest BCUT2D eigenvalue weighted by Gasteiger charge is -2.26. The van der Waals surface area contributed by atoms with Crippen LogP contribution in [0.1, 0.15) is 22.3 Å². The highest BCUT2D eigenvalue weighted by atomic mass is 32.1. The topological polar surface area (TPSA) is 107 Å². The summed E-state index contributed by atoms with van der Waals surface area (Å²) >= 11 is 2.40. The highest BCUT2D eigenvalue weighted by Gasteiger charge is 2.48. The molecule has 0 amide bonds. The number of cyclic esters (lactones) is 1. The number of hydrogen-bond donors (Lipinski definition) is 1. The van der Waals surface area contributed by atoms with Crippen molar-refractivity contribution >= 4 is 56.1 Å². The smallest absolute Gasteiger partial charge is 0.342 e. The number of hydrogen-bond acceptors (Lipinski definition) is 10. The van der Waals surface area contributed by atoms with Gasteiger partial charge in [-0.3, -0.25) is 0 Å². The Morgan fingerprint density at radius 1 is 0.850 bits per heavy atom. The number of ether oxygens (including phenoxy) is 2. The summed E-state index contributed by atoms with van der Waals surface area (Å²) in [6.45, 7) is 0.414. The van der Waals surface area contributed by atoms with E-state index in [0.29, 0.717) is 40.1 Å². The van der Waals surface area contributed by atoms with Crippen molar-refractivity contribution in [3.8, 4) is 5.75 Å². The monoisotopic (exact) mass is 564 g/mol. The van der Waals surface area contributed by atoms with E-state index in [0.717, 1.165) is 38.6 Å². The minimum absolute atomic E-state index is 0.269. The minimum Gasteiger partial charge on any atom is -0.489 e. The average Bonchev–Trinajstić information content (AvgIpc) is 3.70. The van der Waals surface area contributed by atoms with Gasteiger partial charge in [0.05, 0.1) is 22.0 Å². The molecule has 7 rings (SSSR count). The fraction of sp³-hybridized carbons (Fsp3) is 0.100. The van der Waals surface area contributed by atoms with Crippen LogP contribution in [0.2, 0.25) is 0 Å². The van der Waals surface area contributed by atoms with E-state index >= 15 is 0 Å². The van der Waals surface area contributed by atoms with E-state index in [2.05, 4.69) is 18.3 Å². The summed E-state index contributed by atoms with van der Waals surface area (Å²) in [6.07, 6.45) is 0.269. The van der Waals surface area contributed by atoms with E-state index in [1.54, 1.807) is 30.3 Å². The van der Waals surface area contributed by atoms with Gasteiger partial charge < -0.3 is 14.6 Å². The maximum atomic E-state index is 13.4. The van der Waals surface area contributed by atoms with Gasteiger partial charge in [-0.25, -0.2) is 4.79 Å². The third-order valence-corrected chi connectivity index (χ3v) is 8.13. The first-order valence-electron chi connectivity index (χ1n) is 12.5. The number of fused-ring (bicyclic) bond motifs is 2. The van der Waals surface area contributed by atoms with Gasteiger partial charge in [0.15, 0.2) is 0 Å². The first kappa shape index (κ1) is 24.5. The Balaban J connectivity index is 1.28. The maximum absolute atomic E-state index is 13.4. The minimum atomic E-state index is -1.97. The van der Waals surface area contributed by atoms with Gasteiger partial charge in [-0.05, 0) is 76.8 Å². The molecule has 8 nitrogen and oxygen atoms in total. The van der Waals surface area contributed by atoms with Crippen LogP contribution in [0.5, 0.6) is 5.75 Å². The molecule has 40 heavy (non-hydrogen) atoms. The standard InChI is InChI=1S/C30H20N4O4S2/c35-29-28(20-7-13-24-26(16-20)33-40-32-24)23(14-19-6-12-25-27(15-19)39-34-31-25)30(36,38-29)21-8-10-22(11-9-21)37-17-18-4-2-1-3-5-18/h1-13,15-16,36H,14,17H2. The molecule has 4 aromatic carbocycles. The van der Waals surface area contributed by atoms with Crippen molar-refractivity contribution in [2.24, 2.45) is 0 Å². The molecule has 3 heterocycles. The number of aromatic nitrogens is 4. The Morgan fingerprint density at radius 2 is 1.65 bits per heavy atom. The molecule has 2 aromatic heterocycles. The summed E-state index contributed by atoms with van der Waals surface area (Å²) in [5, 5.41) is 16.2. The molecule has 0 radical (unpaired) electrons. The van der Waals surface area contributed by atoms with Crippen molar-refractivity contribution in [2.75, 3.05) is 0 Å². The molecule has 1 aliphatic rings. The second-order valence-corrected chi connectivity index (χ2v) is 10.7. The van der Waals surface area contributed by atoms with Gasteiger partial charge in [0.1, 0.15) is 28.9 Å². The van der Waals surface area contributed by atoms with Crippen LogP contribution in [0, 0.1) is 0 Å². The molecule has 1 unspecified atom stereocenters. The highest BCUT2D eigenvalue weighted by Crippen LogP contribution is 2.45. The zero-order valence-electron chi connectivity index (χ0n) is 20.9. The van der Waals surface area contributed by atoms with Crippen molar-refractivity contribution in [3.63, 3.8) is 0 Å². The van der Waals surface area contributed by atoms with E-state index in [1.807, 2.05) is 60.7 Å². The fourth-order valence-electron chi connectivity index (χ4n) is 4.87. The van der Waals surface area contributed by atoms with E-state index in [9.17, 15) is 9.90 Å². The van der Waals surface area contributed by atoms with Crippen LogP contribution in [0.15, 0.2) is 96.6 Å². The number of aliphatic hydroxyl groups is 1. The van der Waals surface area contributed by atoms with E-state index in [-0.39, 0.29) is 6.42 Å². The van der Waals surface area contributed by atoms with Crippen molar-refractivity contribution in [2.45, 2.75) is 18.8 Å². The zero-order chi connectivity index (χ0) is 27.1. The summed E-state index contributed by atoms with van der Waals surface area (Å²) in [6, 6.07) is 28.1. The third-order valence-electron chi connectivity index (χ3n) is 6.88. The SMILES string of the molecule is O=C1OC(O)(c2ccc(OCc3ccccc3)cc2)C(Cc2ccc3nnsc3c2)=C1c1ccc2nsnc2c1. The van der Waals surface area contributed by atoms with Crippen molar-refractivity contribution in [3.05, 3.63) is 119 Å². The number of nitrogens with zero attached hydrogens (tertiary/aromatic N) is 4. The maximum Gasteiger partial charge on any atom is 0.342 e. The zero-order valence-corrected chi connectivity index (χ0v) is 22.5. The molecule has 1 N–H and O–H groups in total. The number of carbonyl (C=O) groups is 1. The fourth-order valence-corrected chi connectivity index (χ4v) is 6.01. The molecule has 0 fully saturated rings. The van der Waals surface area contributed by atoms with Crippen LogP contribution in [-0.4, -0.2) is 29.4 Å². The molecule has 196 valence electrons. The molecular formula is C30H20N4O4S2. The van der Waals surface area contributed by atoms with E-state index in [1.165, 1.54) is 11.5 Å². The van der Waals surface area contributed by atoms with Crippen LogP contribution in [0.4, 0.5) is 0 Å². The molecule has 0 spiro atoms. The van der Waals surface area contributed by atoms with Gasteiger partial charge in [0, 0.05) is 17.6 Å². The Morgan fingerprint density at radius 3 is 2.50 bits per heavy atom. The summed E-state index contributed by atoms with van der Waals surface area (Å²) in [4.78, 5) is 13.4. The number of benzene rings is 4. The predicted molar refractivity (Wildman–Crippen MR) is 153 cm³/mol. The molecule has 0 aliphatic carbocycles. The predicted octanol–water partition coefficient (Wildman–Crippen LogP) is 5.67.